The van der Waals surface area contributed by atoms with Crippen molar-refractivity contribution in [1.82, 2.24) is 4.90 Å². The highest BCUT2D eigenvalue weighted by Crippen LogP contribution is 2.30. The lowest BCUT2D eigenvalue weighted by atomic mass is 9.96. The molecule has 2 heterocycles. The van der Waals surface area contributed by atoms with Crippen LogP contribution in [0.1, 0.15) is 34.9 Å². The Morgan fingerprint density at radius 1 is 1.33 bits per heavy atom. The molecule has 2 atom stereocenters. The van der Waals surface area contributed by atoms with E-state index in [-0.39, 0.29) is 23.9 Å². The van der Waals surface area contributed by atoms with Gasteiger partial charge in [0.1, 0.15) is 5.82 Å². The summed E-state index contributed by atoms with van der Waals surface area (Å²) in [6, 6.07) is 8.61. The van der Waals surface area contributed by atoms with Crippen LogP contribution >= 0.6 is 11.3 Å². The third kappa shape index (κ3) is 3.84. The van der Waals surface area contributed by atoms with E-state index in [1.165, 1.54) is 17.0 Å². The third-order valence-electron chi connectivity index (χ3n) is 4.75. The van der Waals surface area contributed by atoms with E-state index in [1.807, 2.05) is 30.3 Å². The number of hydrogen-bond acceptors (Lipinski definition) is 3. The maximum atomic E-state index is 13.1. The van der Waals surface area contributed by atoms with E-state index in [2.05, 4.69) is 0 Å². The van der Waals surface area contributed by atoms with Gasteiger partial charge in [-0.25, -0.2) is 4.39 Å². The molecule has 1 saturated heterocycles. The molecular formula is C19H22FNO2S. The summed E-state index contributed by atoms with van der Waals surface area (Å²) in [5, 5.41) is 2.02. The van der Waals surface area contributed by atoms with Crippen LogP contribution in [0, 0.1) is 12.7 Å². The quantitative estimate of drug-likeness (QED) is 0.833. The maximum Gasteiger partial charge on any atom is 0.227 e. The molecule has 1 amide bonds. The number of rotatable bonds is 4. The SMILES string of the molecule is Cc1sccc1CC(=O)N(C)[C@H]1CCO[C@H](c2ccc(F)cc2)C1. The van der Waals surface area contributed by atoms with Crippen LogP contribution in [0.25, 0.3) is 0 Å². The molecule has 1 aromatic heterocycles. The molecule has 0 radical (unpaired) electrons. The van der Waals surface area contributed by atoms with Gasteiger partial charge in [0.15, 0.2) is 0 Å². The molecule has 5 heteroatoms. The highest BCUT2D eigenvalue weighted by atomic mass is 32.1. The molecule has 3 rings (SSSR count). The molecule has 128 valence electrons. The predicted octanol–water partition coefficient (Wildman–Crippen LogP) is 4.12. The van der Waals surface area contributed by atoms with E-state index in [0.717, 1.165) is 24.0 Å². The van der Waals surface area contributed by atoms with Crippen molar-refractivity contribution in [1.29, 1.82) is 0 Å². The Morgan fingerprint density at radius 3 is 2.75 bits per heavy atom. The molecule has 1 aliphatic rings. The van der Waals surface area contributed by atoms with Crippen molar-refractivity contribution in [3.63, 3.8) is 0 Å². The number of benzene rings is 1. The Balaban J connectivity index is 1.64. The minimum atomic E-state index is -0.246. The summed E-state index contributed by atoms with van der Waals surface area (Å²) >= 11 is 1.67. The molecule has 0 bridgehead atoms. The van der Waals surface area contributed by atoms with Crippen LogP contribution in [0.4, 0.5) is 4.39 Å². The Kier molecular flexibility index (Phi) is 5.31. The van der Waals surface area contributed by atoms with Crippen molar-refractivity contribution < 1.29 is 13.9 Å². The van der Waals surface area contributed by atoms with E-state index >= 15 is 0 Å². The second-order valence-electron chi connectivity index (χ2n) is 6.27. The van der Waals surface area contributed by atoms with Gasteiger partial charge in [0.05, 0.1) is 12.5 Å². The zero-order chi connectivity index (χ0) is 17.1. The lowest BCUT2D eigenvalue weighted by Gasteiger charge is -2.35. The molecule has 0 spiro atoms. The van der Waals surface area contributed by atoms with Gasteiger partial charge in [-0.2, -0.15) is 0 Å². The van der Waals surface area contributed by atoms with Crippen LogP contribution in [-0.2, 0) is 16.0 Å². The average molecular weight is 347 g/mol. The number of thiophene rings is 1. The summed E-state index contributed by atoms with van der Waals surface area (Å²) in [5.74, 6) is -0.106. The molecule has 1 aromatic carbocycles. The summed E-state index contributed by atoms with van der Waals surface area (Å²) in [6.45, 7) is 2.66. The molecule has 0 N–H and O–H groups in total. The van der Waals surface area contributed by atoms with Crippen LogP contribution in [0.3, 0.4) is 0 Å². The first-order valence-corrected chi connectivity index (χ1v) is 9.08. The predicted molar refractivity (Wildman–Crippen MR) is 93.6 cm³/mol. The van der Waals surface area contributed by atoms with Gasteiger partial charge < -0.3 is 9.64 Å². The number of ether oxygens (including phenoxy) is 1. The lowest BCUT2D eigenvalue weighted by molar-refractivity contribution is -0.134. The molecular weight excluding hydrogens is 325 g/mol. The van der Waals surface area contributed by atoms with Crippen LogP contribution in [0.15, 0.2) is 35.7 Å². The Bertz CT molecular complexity index is 698. The number of carbonyl (C=O) groups is 1. The van der Waals surface area contributed by atoms with Crippen LogP contribution in [0.2, 0.25) is 0 Å². The summed E-state index contributed by atoms with van der Waals surface area (Å²) in [4.78, 5) is 15.6. The van der Waals surface area contributed by atoms with E-state index < -0.39 is 0 Å². The summed E-state index contributed by atoms with van der Waals surface area (Å²) in [5.41, 5.74) is 2.08. The average Bonchev–Trinajstić information content (AvgIpc) is 3.00. The van der Waals surface area contributed by atoms with Crippen LogP contribution in [0.5, 0.6) is 0 Å². The van der Waals surface area contributed by atoms with Gasteiger partial charge in [-0.3, -0.25) is 4.79 Å². The first kappa shape index (κ1) is 17.1. The van der Waals surface area contributed by atoms with Crippen molar-refractivity contribution in [3.8, 4) is 0 Å². The number of carbonyl (C=O) groups excluding carboxylic acids is 1. The largest absolute Gasteiger partial charge is 0.373 e. The highest BCUT2D eigenvalue weighted by Gasteiger charge is 2.29. The Morgan fingerprint density at radius 2 is 2.08 bits per heavy atom. The Labute approximate surface area is 146 Å². The van der Waals surface area contributed by atoms with Crippen molar-refractivity contribution in [2.45, 2.75) is 38.3 Å². The molecule has 2 aromatic rings. The fourth-order valence-electron chi connectivity index (χ4n) is 3.13. The van der Waals surface area contributed by atoms with Gasteiger partial charge in [-0.15, -0.1) is 11.3 Å². The lowest BCUT2D eigenvalue weighted by Crippen LogP contribution is -2.42. The van der Waals surface area contributed by atoms with E-state index in [4.69, 9.17) is 4.74 Å². The molecule has 0 unspecified atom stereocenters. The van der Waals surface area contributed by atoms with Crippen molar-refractivity contribution in [2.75, 3.05) is 13.7 Å². The number of halogens is 1. The topological polar surface area (TPSA) is 29.5 Å². The van der Waals surface area contributed by atoms with Gasteiger partial charge in [0.25, 0.3) is 0 Å². The van der Waals surface area contributed by atoms with E-state index in [9.17, 15) is 9.18 Å². The molecule has 1 fully saturated rings. The van der Waals surface area contributed by atoms with Gasteiger partial charge in [-0.1, -0.05) is 12.1 Å². The standard InChI is InChI=1S/C19H22FNO2S/c1-13-15(8-10-24-13)11-19(22)21(2)17-7-9-23-18(12-17)14-3-5-16(20)6-4-14/h3-6,8,10,17-18H,7,9,11-12H2,1-2H3/t17-,18-/m0/s1. The highest BCUT2D eigenvalue weighted by molar-refractivity contribution is 7.10. The van der Waals surface area contributed by atoms with E-state index in [0.29, 0.717) is 13.0 Å². The van der Waals surface area contributed by atoms with Crippen LogP contribution in [-0.4, -0.2) is 30.5 Å². The number of aryl methyl sites for hydroxylation is 1. The number of amides is 1. The number of nitrogens with zero attached hydrogens (tertiary/aromatic N) is 1. The summed E-state index contributed by atoms with van der Waals surface area (Å²) < 4.78 is 18.9. The van der Waals surface area contributed by atoms with Crippen molar-refractivity contribution in [3.05, 3.63) is 57.5 Å². The van der Waals surface area contributed by atoms with E-state index in [1.54, 1.807) is 23.5 Å². The second-order valence-corrected chi connectivity index (χ2v) is 7.39. The summed E-state index contributed by atoms with van der Waals surface area (Å²) in [7, 11) is 1.88. The molecule has 3 nitrogen and oxygen atoms in total. The third-order valence-corrected chi connectivity index (χ3v) is 5.64. The van der Waals surface area contributed by atoms with Crippen LogP contribution < -0.4 is 0 Å². The molecule has 0 saturated carbocycles. The minimum Gasteiger partial charge on any atom is -0.373 e. The monoisotopic (exact) mass is 347 g/mol. The van der Waals surface area contributed by atoms with Gasteiger partial charge in [-0.05, 0) is 54.5 Å². The zero-order valence-corrected chi connectivity index (χ0v) is 14.8. The minimum absolute atomic E-state index is 0.0810. The maximum absolute atomic E-state index is 13.1. The zero-order valence-electron chi connectivity index (χ0n) is 14.0. The molecule has 0 aliphatic carbocycles. The summed E-state index contributed by atoms with van der Waals surface area (Å²) in [6.07, 6.45) is 1.95. The van der Waals surface area contributed by atoms with Crippen molar-refractivity contribution in [2.24, 2.45) is 0 Å². The fraction of sp³-hybridized carbons (Fsp3) is 0.421. The van der Waals surface area contributed by atoms with Gasteiger partial charge >= 0.3 is 0 Å². The second kappa shape index (κ2) is 7.45. The van der Waals surface area contributed by atoms with Gasteiger partial charge in [0.2, 0.25) is 5.91 Å². The van der Waals surface area contributed by atoms with Gasteiger partial charge in [0, 0.05) is 24.6 Å². The Hall–Kier alpha value is -1.72. The molecule has 1 aliphatic heterocycles. The number of likely N-dealkylation sites (N-methyl/N-ethyl adjacent to an activating group) is 1. The number of hydrogen-bond donors (Lipinski definition) is 0. The normalized spacial score (nSPS) is 20.8. The fourth-order valence-corrected chi connectivity index (χ4v) is 3.85. The first-order valence-electron chi connectivity index (χ1n) is 8.20. The smallest absolute Gasteiger partial charge is 0.227 e. The van der Waals surface area contributed by atoms with Crippen molar-refractivity contribution >= 4 is 17.2 Å². The first-order chi connectivity index (χ1) is 11.5. The molecule has 24 heavy (non-hydrogen) atoms.